The summed E-state index contributed by atoms with van der Waals surface area (Å²) in [5.74, 6) is 0.759. The van der Waals surface area contributed by atoms with Crippen LogP contribution in [0.25, 0.3) is 0 Å². The summed E-state index contributed by atoms with van der Waals surface area (Å²) in [5.41, 5.74) is 0.914. The number of rotatable bonds is 9. The molecule has 0 saturated carbocycles. The fourth-order valence-corrected chi connectivity index (χ4v) is 2.87. The maximum atomic E-state index is 12.4. The monoisotopic (exact) mass is 377 g/mol. The minimum Gasteiger partial charge on any atom is -0.490 e. The number of nitrogens with zero attached hydrogens (tertiary/aromatic N) is 1. The Labute approximate surface area is 157 Å². The lowest BCUT2D eigenvalue weighted by atomic mass is 10.2. The van der Waals surface area contributed by atoms with E-state index in [2.05, 4.69) is 5.16 Å². The van der Waals surface area contributed by atoms with E-state index in [0.717, 1.165) is 4.88 Å². The minimum atomic E-state index is -0.592. The zero-order valence-corrected chi connectivity index (χ0v) is 16.2. The van der Waals surface area contributed by atoms with E-state index in [1.165, 1.54) is 11.3 Å². The Hall–Kier alpha value is -2.54. The van der Waals surface area contributed by atoms with Gasteiger partial charge in [0.15, 0.2) is 11.5 Å². The van der Waals surface area contributed by atoms with Crippen LogP contribution in [0.15, 0.2) is 34.8 Å². The summed E-state index contributed by atoms with van der Waals surface area (Å²) in [5, 5.41) is 5.85. The number of ether oxygens (including phenoxy) is 3. The Morgan fingerprint density at radius 3 is 2.15 bits per heavy atom. The Kier molecular flexibility index (Phi) is 7.47. The fraction of sp³-hybridized carbons (Fsp3) is 0.368. The van der Waals surface area contributed by atoms with Crippen LogP contribution in [0.4, 0.5) is 0 Å². The lowest BCUT2D eigenvalue weighted by Crippen LogP contribution is -2.07. The molecule has 1 aromatic carbocycles. The predicted molar refractivity (Wildman–Crippen MR) is 102 cm³/mol. The predicted octanol–water partition coefficient (Wildman–Crippen LogP) is 4.53. The molecule has 26 heavy (non-hydrogen) atoms. The van der Waals surface area contributed by atoms with Gasteiger partial charge in [0.25, 0.3) is 0 Å². The van der Waals surface area contributed by atoms with Crippen molar-refractivity contribution in [2.75, 3.05) is 19.8 Å². The zero-order chi connectivity index (χ0) is 18.9. The number of hydrogen-bond acceptors (Lipinski definition) is 7. The third-order valence-corrected chi connectivity index (χ3v) is 4.27. The van der Waals surface area contributed by atoms with Crippen molar-refractivity contribution in [2.45, 2.75) is 27.7 Å². The number of oxime groups is 1. The second kappa shape index (κ2) is 9.82. The van der Waals surface area contributed by atoms with Crippen LogP contribution in [0.1, 0.15) is 42.9 Å². The molecular weight excluding hydrogens is 354 g/mol. The maximum absolute atomic E-state index is 12.4. The summed E-state index contributed by atoms with van der Waals surface area (Å²) >= 11 is 1.53. The molecule has 0 radical (unpaired) electrons. The number of benzene rings is 1. The highest BCUT2D eigenvalue weighted by Crippen LogP contribution is 2.39. The summed E-state index contributed by atoms with van der Waals surface area (Å²) in [6, 6.07) is 6.98. The molecule has 0 unspecified atom stereocenters. The zero-order valence-electron chi connectivity index (χ0n) is 15.4. The van der Waals surface area contributed by atoms with Gasteiger partial charge >= 0.3 is 5.97 Å². The van der Waals surface area contributed by atoms with E-state index in [9.17, 15) is 4.79 Å². The topological polar surface area (TPSA) is 66.4 Å². The molecule has 2 aromatic rings. The quantitative estimate of drug-likeness (QED) is 0.365. The van der Waals surface area contributed by atoms with Gasteiger partial charge in [-0.15, -0.1) is 11.3 Å². The molecule has 0 N–H and O–H groups in total. The van der Waals surface area contributed by atoms with Crippen molar-refractivity contribution in [2.24, 2.45) is 5.16 Å². The minimum absolute atomic E-state index is 0.281. The van der Waals surface area contributed by atoms with Gasteiger partial charge in [0.2, 0.25) is 5.75 Å². The van der Waals surface area contributed by atoms with Gasteiger partial charge in [-0.1, -0.05) is 11.2 Å². The van der Waals surface area contributed by atoms with Gasteiger partial charge in [-0.05, 0) is 51.3 Å². The van der Waals surface area contributed by atoms with E-state index in [0.29, 0.717) is 42.8 Å². The molecule has 7 heteroatoms. The van der Waals surface area contributed by atoms with E-state index in [4.69, 9.17) is 19.0 Å². The number of hydrogen-bond donors (Lipinski definition) is 0. The van der Waals surface area contributed by atoms with Crippen LogP contribution in [-0.4, -0.2) is 31.5 Å². The van der Waals surface area contributed by atoms with Gasteiger partial charge in [0.05, 0.1) is 36.0 Å². The van der Waals surface area contributed by atoms with Gasteiger partial charge in [-0.3, -0.25) is 0 Å². The standard InChI is InChI=1S/C19H23NO5S/c1-5-22-15-11-14(12-16(23-6-2)18(15)24-7-3)19(21)25-20-13(4)17-9-8-10-26-17/h8-12H,5-7H2,1-4H3. The maximum Gasteiger partial charge on any atom is 0.366 e. The first-order chi connectivity index (χ1) is 12.6. The largest absolute Gasteiger partial charge is 0.490 e. The average Bonchev–Trinajstić information content (AvgIpc) is 3.17. The molecule has 0 spiro atoms. The summed E-state index contributed by atoms with van der Waals surface area (Å²) in [7, 11) is 0. The van der Waals surface area contributed by atoms with E-state index in [1.807, 2.05) is 38.3 Å². The van der Waals surface area contributed by atoms with Crippen LogP contribution in [-0.2, 0) is 4.84 Å². The molecule has 140 valence electrons. The Balaban J connectivity index is 2.29. The molecule has 0 bridgehead atoms. The molecule has 2 rings (SSSR count). The fourth-order valence-electron chi connectivity index (χ4n) is 2.20. The highest BCUT2D eigenvalue weighted by molar-refractivity contribution is 7.12. The summed E-state index contributed by atoms with van der Waals surface area (Å²) < 4.78 is 16.8. The number of carbonyl (C=O) groups excluding carboxylic acids is 1. The third-order valence-electron chi connectivity index (χ3n) is 3.29. The number of thiophene rings is 1. The summed E-state index contributed by atoms with van der Waals surface area (Å²) in [6.07, 6.45) is 0. The van der Waals surface area contributed by atoms with Crippen LogP contribution < -0.4 is 14.2 Å². The number of carbonyl (C=O) groups is 1. The molecule has 0 aliphatic carbocycles. The van der Waals surface area contributed by atoms with E-state index in [1.54, 1.807) is 19.1 Å². The van der Waals surface area contributed by atoms with Crippen molar-refractivity contribution < 1.29 is 23.8 Å². The third kappa shape index (κ3) is 4.98. The average molecular weight is 377 g/mol. The van der Waals surface area contributed by atoms with Gasteiger partial charge in [-0.25, -0.2) is 4.79 Å². The van der Waals surface area contributed by atoms with E-state index < -0.39 is 5.97 Å². The molecule has 0 amide bonds. The second-order valence-corrected chi connectivity index (χ2v) is 6.08. The van der Waals surface area contributed by atoms with E-state index in [-0.39, 0.29) is 5.56 Å². The molecule has 0 aliphatic rings. The molecule has 1 aromatic heterocycles. The van der Waals surface area contributed by atoms with Gasteiger partial charge in [-0.2, -0.15) is 0 Å². The summed E-state index contributed by atoms with van der Waals surface area (Å²) in [6.45, 7) is 8.68. The van der Waals surface area contributed by atoms with Crippen LogP contribution >= 0.6 is 11.3 Å². The van der Waals surface area contributed by atoms with Gasteiger partial charge < -0.3 is 19.0 Å². The normalized spacial score (nSPS) is 11.2. The SMILES string of the molecule is CCOc1cc(C(=O)ON=C(C)c2cccs2)cc(OCC)c1OCC. The molecule has 0 fully saturated rings. The summed E-state index contributed by atoms with van der Waals surface area (Å²) in [4.78, 5) is 18.4. The van der Waals surface area contributed by atoms with Crippen LogP contribution in [0.5, 0.6) is 17.2 Å². The highest BCUT2D eigenvalue weighted by Gasteiger charge is 2.19. The van der Waals surface area contributed by atoms with Crippen molar-refractivity contribution in [1.29, 1.82) is 0 Å². The second-order valence-electron chi connectivity index (χ2n) is 5.13. The molecule has 6 nitrogen and oxygen atoms in total. The Bertz CT molecular complexity index is 728. The smallest absolute Gasteiger partial charge is 0.366 e. The van der Waals surface area contributed by atoms with Crippen molar-refractivity contribution in [3.63, 3.8) is 0 Å². The van der Waals surface area contributed by atoms with Crippen LogP contribution in [0.3, 0.4) is 0 Å². The first-order valence-corrected chi connectivity index (χ1v) is 9.34. The Morgan fingerprint density at radius 2 is 1.65 bits per heavy atom. The van der Waals surface area contributed by atoms with Crippen LogP contribution in [0.2, 0.25) is 0 Å². The molecule has 1 heterocycles. The lowest BCUT2D eigenvalue weighted by molar-refractivity contribution is 0.0515. The molecule has 0 atom stereocenters. The highest BCUT2D eigenvalue weighted by atomic mass is 32.1. The van der Waals surface area contributed by atoms with Crippen molar-refractivity contribution in [3.8, 4) is 17.2 Å². The first-order valence-electron chi connectivity index (χ1n) is 8.46. The van der Waals surface area contributed by atoms with Gasteiger partial charge in [0.1, 0.15) is 0 Å². The molecule has 0 saturated heterocycles. The lowest BCUT2D eigenvalue weighted by Gasteiger charge is -2.16. The Morgan fingerprint density at radius 1 is 1.04 bits per heavy atom. The molecule has 0 aliphatic heterocycles. The molecular formula is C19H23NO5S. The van der Waals surface area contributed by atoms with Crippen molar-refractivity contribution in [1.82, 2.24) is 0 Å². The van der Waals surface area contributed by atoms with Crippen LogP contribution in [0, 0.1) is 0 Å². The first kappa shape index (κ1) is 19.8. The van der Waals surface area contributed by atoms with Gasteiger partial charge in [0, 0.05) is 0 Å². The van der Waals surface area contributed by atoms with Crippen molar-refractivity contribution in [3.05, 3.63) is 40.1 Å². The van der Waals surface area contributed by atoms with Crippen molar-refractivity contribution >= 4 is 23.0 Å². The van der Waals surface area contributed by atoms with E-state index >= 15 is 0 Å².